The van der Waals surface area contributed by atoms with Gasteiger partial charge in [-0.3, -0.25) is 4.79 Å². The highest BCUT2D eigenvalue weighted by atomic mass is 16.5. The quantitative estimate of drug-likeness (QED) is 0.614. The molecule has 1 saturated carbocycles. The molecule has 0 radical (unpaired) electrons. The number of nitrogens with one attached hydrogen (secondary N) is 1. The van der Waals surface area contributed by atoms with Crippen molar-refractivity contribution < 1.29 is 29.0 Å². The molecule has 1 unspecified atom stereocenters. The normalized spacial score (nSPS) is 19.1. The summed E-state index contributed by atoms with van der Waals surface area (Å²) in [7, 11) is 1.30. The molecule has 1 aliphatic carbocycles. The second kappa shape index (κ2) is 11.0. The summed E-state index contributed by atoms with van der Waals surface area (Å²) >= 11 is 0. The predicted molar refractivity (Wildman–Crippen MR) is 121 cm³/mol. The molecule has 2 heterocycles. The van der Waals surface area contributed by atoms with E-state index < -0.39 is 18.3 Å². The van der Waals surface area contributed by atoms with Crippen LogP contribution >= 0.6 is 0 Å². The van der Waals surface area contributed by atoms with Gasteiger partial charge in [0.25, 0.3) is 5.91 Å². The van der Waals surface area contributed by atoms with Gasteiger partial charge in [-0.15, -0.1) is 0 Å². The van der Waals surface area contributed by atoms with Gasteiger partial charge >= 0.3 is 12.2 Å². The number of nitrogens with zero attached hydrogens (tertiary/aromatic N) is 3. The highest BCUT2D eigenvalue weighted by Crippen LogP contribution is 2.36. The molecule has 2 N–H and O–H groups in total. The first-order chi connectivity index (χ1) is 15.8. The Morgan fingerprint density at radius 2 is 2.12 bits per heavy atom. The Bertz CT molecular complexity index is 930. The summed E-state index contributed by atoms with van der Waals surface area (Å²) in [6, 6.07) is 3.60. The Morgan fingerprint density at radius 1 is 1.39 bits per heavy atom. The zero-order chi connectivity index (χ0) is 24.0. The monoisotopic (exact) mass is 458 g/mol. The van der Waals surface area contributed by atoms with Crippen LogP contribution in [-0.2, 0) is 14.3 Å². The number of ether oxygens (including phenoxy) is 2. The van der Waals surface area contributed by atoms with Crippen LogP contribution in [0, 0.1) is 0 Å². The first-order valence-electron chi connectivity index (χ1n) is 10.9. The van der Waals surface area contributed by atoms with Crippen molar-refractivity contribution in [1.82, 2.24) is 20.1 Å². The van der Waals surface area contributed by atoms with Crippen LogP contribution in [0.25, 0.3) is 12.2 Å². The van der Waals surface area contributed by atoms with Gasteiger partial charge in [0.15, 0.2) is 6.10 Å². The van der Waals surface area contributed by atoms with Gasteiger partial charge in [-0.05, 0) is 49.6 Å². The number of carboxylic acid groups (broad SMARTS) is 1. The van der Waals surface area contributed by atoms with Crippen LogP contribution in [0.15, 0.2) is 24.8 Å². The minimum atomic E-state index is -1.05. The Labute approximate surface area is 192 Å². The Morgan fingerprint density at radius 3 is 2.76 bits per heavy atom. The minimum Gasteiger partial charge on any atom is -0.465 e. The molecule has 3 rings (SSSR count). The van der Waals surface area contributed by atoms with Gasteiger partial charge in [0.2, 0.25) is 0 Å². The molecule has 2 atom stereocenters. The molecule has 1 aromatic heterocycles. The van der Waals surface area contributed by atoms with E-state index in [1.807, 2.05) is 24.0 Å². The lowest BCUT2D eigenvalue weighted by molar-refractivity contribution is -0.151. The van der Waals surface area contributed by atoms with Gasteiger partial charge in [0.1, 0.15) is 0 Å². The average molecular weight is 459 g/mol. The fourth-order valence-electron chi connectivity index (χ4n) is 3.76. The molecular formula is C23H30N4O6. The summed E-state index contributed by atoms with van der Waals surface area (Å²) in [5, 5.41) is 11.9. The van der Waals surface area contributed by atoms with E-state index in [2.05, 4.69) is 21.6 Å². The molecule has 2 aliphatic rings. The number of aromatic nitrogens is 1. The van der Waals surface area contributed by atoms with Gasteiger partial charge in [-0.1, -0.05) is 12.7 Å². The number of rotatable bonds is 8. The first kappa shape index (κ1) is 24.2. The van der Waals surface area contributed by atoms with Crippen LogP contribution in [0.2, 0.25) is 0 Å². The van der Waals surface area contributed by atoms with Gasteiger partial charge in [-0.2, -0.15) is 0 Å². The topological polar surface area (TPSA) is 121 Å². The van der Waals surface area contributed by atoms with E-state index in [1.165, 1.54) is 12.0 Å². The van der Waals surface area contributed by atoms with Crippen molar-refractivity contribution >= 4 is 30.2 Å². The molecule has 2 fully saturated rings. The van der Waals surface area contributed by atoms with Crippen molar-refractivity contribution in [3.8, 4) is 0 Å². The number of methoxy groups -OCH3 is 1. The van der Waals surface area contributed by atoms with Crippen molar-refractivity contribution in [2.45, 2.75) is 38.0 Å². The van der Waals surface area contributed by atoms with Crippen molar-refractivity contribution in [2.75, 3.05) is 33.4 Å². The molecule has 0 bridgehead atoms. The summed E-state index contributed by atoms with van der Waals surface area (Å²) in [6.45, 7) is 6.51. The van der Waals surface area contributed by atoms with E-state index in [0.29, 0.717) is 11.4 Å². The summed E-state index contributed by atoms with van der Waals surface area (Å²) in [5.41, 5.74) is 2.20. The fraction of sp³-hybridized carbons (Fsp3) is 0.478. The molecule has 10 heteroatoms. The summed E-state index contributed by atoms with van der Waals surface area (Å²) in [4.78, 5) is 43.5. The molecule has 1 aromatic rings. The molecule has 0 spiro atoms. The number of carbonyl (C=O) groups excluding carboxylic acids is 2. The summed E-state index contributed by atoms with van der Waals surface area (Å²) < 4.78 is 10.2. The standard InChI is InChI=1S/C23H30N4O6/c1-4-17-12-16(13-18(25-17)6-5-9-24-22(29)32-3)15(2)27(19-7-8-19)21(28)20-14-26(23(30)31)10-11-33-20/h4-6,12-13,15,19-20H,1,7-11,14H2,2-3H3,(H,24,29)(H,30,31)/b6-5+/t15?,20-/m1/s1. The Kier molecular flexibility index (Phi) is 8.05. The van der Waals surface area contributed by atoms with Gasteiger partial charge < -0.3 is 29.7 Å². The molecule has 10 nitrogen and oxygen atoms in total. The Balaban J connectivity index is 1.79. The number of hydrogen-bond acceptors (Lipinski definition) is 6. The van der Waals surface area contributed by atoms with E-state index in [-0.39, 0.29) is 44.2 Å². The zero-order valence-corrected chi connectivity index (χ0v) is 18.9. The molecular weight excluding hydrogens is 428 g/mol. The highest BCUT2D eigenvalue weighted by Gasteiger charge is 2.41. The van der Waals surface area contributed by atoms with Crippen LogP contribution in [0.3, 0.4) is 0 Å². The van der Waals surface area contributed by atoms with Crippen molar-refractivity contribution in [2.24, 2.45) is 0 Å². The Hall–Kier alpha value is -3.40. The second-order valence-electron chi connectivity index (χ2n) is 7.97. The number of amides is 3. The fourth-order valence-corrected chi connectivity index (χ4v) is 3.76. The predicted octanol–water partition coefficient (Wildman–Crippen LogP) is 2.52. The average Bonchev–Trinajstić information content (AvgIpc) is 3.66. The maximum absolute atomic E-state index is 13.4. The van der Waals surface area contributed by atoms with Crippen molar-refractivity contribution in [3.05, 3.63) is 41.7 Å². The van der Waals surface area contributed by atoms with E-state index in [4.69, 9.17) is 4.74 Å². The number of hydrogen-bond donors (Lipinski definition) is 2. The maximum atomic E-state index is 13.4. The third kappa shape index (κ3) is 6.32. The lowest BCUT2D eigenvalue weighted by Gasteiger charge is -2.36. The van der Waals surface area contributed by atoms with Crippen molar-refractivity contribution in [1.29, 1.82) is 0 Å². The number of pyridine rings is 1. The minimum absolute atomic E-state index is 0.0273. The zero-order valence-electron chi connectivity index (χ0n) is 18.9. The van der Waals surface area contributed by atoms with Crippen LogP contribution < -0.4 is 5.32 Å². The van der Waals surface area contributed by atoms with Gasteiger partial charge in [0, 0.05) is 19.1 Å². The number of carbonyl (C=O) groups is 3. The highest BCUT2D eigenvalue weighted by molar-refractivity contribution is 5.83. The largest absolute Gasteiger partial charge is 0.465 e. The smallest absolute Gasteiger partial charge is 0.407 e. The third-order valence-electron chi connectivity index (χ3n) is 5.64. The first-order valence-corrected chi connectivity index (χ1v) is 10.9. The van der Waals surface area contributed by atoms with Crippen LogP contribution in [0.5, 0.6) is 0 Å². The molecule has 0 aromatic carbocycles. The van der Waals surface area contributed by atoms with Gasteiger partial charge in [-0.25, -0.2) is 14.6 Å². The lowest BCUT2D eigenvalue weighted by Crippen LogP contribution is -2.53. The lowest BCUT2D eigenvalue weighted by atomic mass is 10.0. The van der Waals surface area contributed by atoms with E-state index in [9.17, 15) is 19.5 Å². The van der Waals surface area contributed by atoms with Crippen LogP contribution in [0.4, 0.5) is 9.59 Å². The number of morpholine rings is 1. The molecule has 1 aliphatic heterocycles. The number of alkyl carbamates (subject to hydrolysis) is 1. The van der Waals surface area contributed by atoms with E-state index in [0.717, 1.165) is 18.4 Å². The molecule has 3 amide bonds. The third-order valence-corrected chi connectivity index (χ3v) is 5.64. The van der Waals surface area contributed by atoms with E-state index in [1.54, 1.807) is 18.2 Å². The summed E-state index contributed by atoms with van der Waals surface area (Å²) in [6.07, 6.45) is 4.57. The van der Waals surface area contributed by atoms with Crippen LogP contribution in [-0.4, -0.2) is 83.5 Å². The van der Waals surface area contributed by atoms with E-state index >= 15 is 0 Å². The second-order valence-corrected chi connectivity index (χ2v) is 7.97. The SMILES string of the molecule is C=Cc1cc(C(C)N(C(=O)[C@H]2CN(C(=O)O)CCO2)C2CC2)cc(/C=C/CNC(=O)OC)n1. The summed E-state index contributed by atoms with van der Waals surface area (Å²) in [5.74, 6) is -0.202. The van der Waals surface area contributed by atoms with Crippen LogP contribution in [0.1, 0.15) is 42.8 Å². The maximum Gasteiger partial charge on any atom is 0.407 e. The molecule has 1 saturated heterocycles. The molecule has 33 heavy (non-hydrogen) atoms. The van der Waals surface area contributed by atoms with Gasteiger partial charge in [0.05, 0.1) is 37.7 Å². The molecule has 178 valence electrons. The van der Waals surface area contributed by atoms with Crippen molar-refractivity contribution in [3.63, 3.8) is 0 Å².